The van der Waals surface area contributed by atoms with Crippen molar-refractivity contribution in [2.45, 2.75) is 51.3 Å². The van der Waals surface area contributed by atoms with Gasteiger partial charge in [0.2, 0.25) is 5.91 Å². The van der Waals surface area contributed by atoms with Crippen LogP contribution in [0.2, 0.25) is 0 Å². The lowest BCUT2D eigenvalue weighted by Crippen LogP contribution is -2.30. The van der Waals surface area contributed by atoms with Crippen molar-refractivity contribution in [3.8, 4) is 0 Å². The van der Waals surface area contributed by atoms with Crippen LogP contribution in [0.15, 0.2) is 5.38 Å². The standard InChI is InChI=1S/C16H25N3O2S/c1-21-10-15-17-13(11-22-15)16-18-14(20)9-19(16)8-7-12-5-3-2-4-6-12/h11-12,16H,2-10H2,1H3,(H,18,20)/t16-/m0/s1. The summed E-state index contributed by atoms with van der Waals surface area (Å²) in [4.78, 5) is 18.7. The fraction of sp³-hybridized carbons (Fsp3) is 0.750. The fourth-order valence-electron chi connectivity index (χ4n) is 3.50. The summed E-state index contributed by atoms with van der Waals surface area (Å²) in [6, 6.07) is 0. The minimum Gasteiger partial charge on any atom is -0.378 e. The molecule has 2 heterocycles. The molecule has 1 aromatic heterocycles. The van der Waals surface area contributed by atoms with Gasteiger partial charge >= 0.3 is 0 Å². The molecule has 0 bridgehead atoms. The number of carbonyl (C=O) groups excluding carboxylic acids is 1. The van der Waals surface area contributed by atoms with Crippen LogP contribution in [-0.2, 0) is 16.1 Å². The normalized spacial score (nSPS) is 23.9. The third kappa shape index (κ3) is 3.86. The molecule has 3 rings (SSSR count). The van der Waals surface area contributed by atoms with Crippen molar-refractivity contribution in [3.05, 3.63) is 16.1 Å². The Morgan fingerprint density at radius 3 is 3.00 bits per heavy atom. The average molecular weight is 323 g/mol. The topological polar surface area (TPSA) is 54.5 Å². The lowest BCUT2D eigenvalue weighted by Gasteiger charge is -2.26. The first-order valence-corrected chi connectivity index (χ1v) is 9.11. The summed E-state index contributed by atoms with van der Waals surface area (Å²) < 4.78 is 5.13. The van der Waals surface area contributed by atoms with Gasteiger partial charge in [-0.25, -0.2) is 4.98 Å². The highest BCUT2D eigenvalue weighted by molar-refractivity contribution is 7.09. The zero-order valence-electron chi connectivity index (χ0n) is 13.2. The predicted octanol–water partition coefficient (Wildman–Crippen LogP) is 2.69. The van der Waals surface area contributed by atoms with Gasteiger partial charge in [-0.2, -0.15) is 0 Å². The van der Waals surface area contributed by atoms with Gasteiger partial charge in [-0.15, -0.1) is 11.3 Å². The van der Waals surface area contributed by atoms with Crippen molar-refractivity contribution < 1.29 is 9.53 Å². The molecule has 122 valence electrons. The number of ether oxygens (including phenoxy) is 1. The number of thiazole rings is 1. The molecular formula is C16H25N3O2S. The molecule has 6 heteroatoms. The van der Waals surface area contributed by atoms with Crippen LogP contribution in [0.5, 0.6) is 0 Å². The first-order chi connectivity index (χ1) is 10.8. The van der Waals surface area contributed by atoms with Gasteiger partial charge in [-0.3, -0.25) is 9.69 Å². The summed E-state index contributed by atoms with van der Waals surface area (Å²) in [5.74, 6) is 0.944. The van der Waals surface area contributed by atoms with Crippen molar-refractivity contribution >= 4 is 17.2 Å². The first-order valence-electron chi connectivity index (χ1n) is 8.23. The minimum atomic E-state index is -0.0575. The number of hydrogen-bond acceptors (Lipinski definition) is 5. The van der Waals surface area contributed by atoms with E-state index in [2.05, 4.69) is 15.2 Å². The van der Waals surface area contributed by atoms with E-state index in [9.17, 15) is 4.79 Å². The summed E-state index contributed by atoms with van der Waals surface area (Å²) in [6.45, 7) is 2.01. The average Bonchev–Trinajstić information content (AvgIpc) is 3.13. The zero-order chi connectivity index (χ0) is 15.4. The Morgan fingerprint density at radius 1 is 1.41 bits per heavy atom. The van der Waals surface area contributed by atoms with Crippen molar-refractivity contribution in [1.82, 2.24) is 15.2 Å². The maximum Gasteiger partial charge on any atom is 0.235 e. The second-order valence-electron chi connectivity index (χ2n) is 6.33. The van der Waals surface area contributed by atoms with E-state index in [-0.39, 0.29) is 12.1 Å². The lowest BCUT2D eigenvalue weighted by atomic mass is 9.87. The molecule has 0 aromatic carbocycles. The van der Waals surface area contributed by atoms with E-state index < -0.39 is 0 Å². The van der Waals surface area contributed by atoms with Crippen LogP contribution in [0.3, 0.4) is 0 Å². The molecule has 1 aliphatic heterocycles. The molecule has 1 N–H and O–H groups in total. The SMILES string of the molecule is COCc1nc([C@H]2NC(=O)CN2CCC2CCCCC2)cs1. The first kappa shape index (κ1) is 15.9. The van der Waals surface area contributed by atoms with Gasteiger partial charge in [0.15, 0.2) is 0 Å². The highest BCUT2D eigenvalue weighted by Crippen LogP contribution is 2.29. The van der Waals surface area contributed by atoms with Crippen LogP contribution in [0, 0.1) is 5.92 Å². The smallest absolute Gasteiger partial charge is 0.235 e. The molecule has 1 aromatic rings. The molecule has 1 aliphatic carbocycles. The van der Waals surface area contributed by atoms with Crippen molar-refractivity contribution in [2.75, 3.05) is 20.2 Å². The Balaban J connectivity index is 1.59. The number of nitrogens with zero attached hydrogens (tertiary/aromatic N) is 2. The largest absolute Gasteiger partial charge is 0.378 e. The molecule has 2 fully saturated rings. The van der Waals surface area contributed by atoms with Gasteiger partial charge in [0.25, 0.3) is 0 Å². The molecule has 0 radical (unpaired) electrons. The van der Waals surface area contributed by atoms with E-state index in [0.29, 0.717) is 13.2 Å². The van der Waals surface area contributed by atoms with Gasteiger partial charge in [0.1, 0.15) is 11.2 Å². The second-order valence-corrected chi connectivity index (χ2v) is 7.28. The summed E-state index contributed by atoms with van der Waals surface area (Å²) in [5.41, 5.74) is 0.951. The highest BCUT2D eigenvalue weighted by atomic mass is 32.1. The van der Waals surface area contributed by atoms with E-state index in [4.69, 9.17) is 4.74 Å². The number of aromatic nitrogens is 1. The van der Waals surface area contributed by atoms with Gasteiger partial charge in [-0.1, -0.05) is 32.1 Å². The zero-order valence-corrected chi connectivity index (χ0v) is 14.0. The Bertz CT molecular complexity index is 499. The molecule has 1 saturated carbocycles. The van der Waals surface area contributed by atoms with E-state index in [1.165, 1.54) is 38.5 Å². The molecule has 5 nitrogen and oxygen atoms in total. The quantitative estimate of drug-likeness (QED) is 0.874. The summed E-state index contributed by atoms with van der Waals surface area (Å²) in [5, 5.41) is 6.06. The van der Waals surface area contributed by atoms with Crippen molar-refractivity contribution in [2.24, 2.45) is 5.92 Å². The molecule has 1 atom stereocenters. The Hall–Kier alpha value is -0.980. The number of nitrogens with one attached hydrogen (secondary N) is 1. The third-order valence-corrected chi connectivity index (χ3v) is 5.52. The minimum absolute atomic E-state index is 0.0575. The van der Waals surface area contributed by atoms with E-state index in [1.807, 2.05) is 5.38 Å². The monoisotopic (exact) mass is 323 g/mol. The van der Waals surface area contributed by atoms with Crippen molar-refractivity contribution in [1.29, 1.82) is 0 Å². The Kier molecular flexibility index (Phi) is 5.44. The molecular weight excluding hydrogens is 298 g/mol. The van der Waals surface area contributed by atoms with Crippen LogP contribution in [0.1, 0.15) is 55.4 Å². The van der Waals surface area contributed by atoms with Crippen molar-refractivity contribution in [3.63, 3.8) is 0 Å². The van der Waals surface area contributed by atoms with Gasteiger partial charge in [-0.05, 0) is 12.3 Å². The molecule has 1 saturated heterocycles. The maximum absolute atomic E-state index is 11.8. The highest BCUT2D eigenvalue weighted by Gasteiger charge is 2.32. The summed E-state index contributed by atoms with van der Waals surface area (Å²) >= 11 is 1.60. The summed E-state index contributed by atoms with van der Waals surface area (Å²) in [6.07, 6.45) is 7.99. The molecule has 0 unspecified atom stereocenters. The van der Waals surface area contributed by atoms with Crippen LogP contribution >= 0.6 is 11.3 Å². The Morgan fingerprint density at radius 2 is 2.23 bits per heavy atom. The van der Waals surface area contributed by atoms with E-state index in [1.54, 1.807) is 18.4 Å². The maximum atomic E-state index is 11.8. The number of amides is 1. The second kappa shape index (κ2) is 7.53. The predicted molar refractivity (Wildman–Crippen MR) is 86.5 cm³/mol. The molecule has 0 spiro atoms. The van der Waals surface area contributed by atoms with Gasteiger partial charge < -0.3 is 10.1 Å². The number of rotatable bonds is 6. The van der Waals surface area contributed by atoms with Crippen LogP contribution < -0.4 is 5.32 Å². The molecule has 22 heavy (non-hydrogen) atoms. The van der Waals surface area contributed by atoms with Gasteiger partial charge in [0, 0.05) is 19.0 Å². The fourth-order valence-corrected chi connectivity index (χ4v) is 4.28. The molecule has 1 amide bonds. The number of carbonyl (C=O) groups is 1. The number of methoxy groups -OCH3 is 1. The van der Waals surface area contributed by atoms with Crippen LogP contribution in [0.25, 0.3) is 0 Å². The van der Waals surface area contributed by atoms with Crippen LogP contribution in [0.4, 0.5) is 0 Å². The van der Waals surface area contributed by atoms with E-state index in [0.717, 1.165) is 23.2 Å². The Labute approximate surface area is 136 Å². The molecule has 2 aliphatic rings. The van der Waals surface area contributed by atoms with Crippen LogP contribution in [-0.4, -0.2) is 36.0 Å². The summed E-state index contributed by atoms with van der Waals surface area (Å²) in [7, 11) is 1.68. The number of hydrogen-bond donors (Lipinski definition) is 1. The lowest BCUT2D eigenvalue weighted by molar-refractivity contribution is -0.118. The third-order valence-electron chi connectivity index (χ3n) is 4.68. The van der Waals surface area contributed by atoms with Gasteiger partial charge in [0.05, 0.1) is 18.8 Å². The van der Waals surface area contributed by atoms with E-state index >= 15 is 0 Å².